The number of hydrogen-bond acceptors (Lipinski definition) is 3. The van der Waals surface area contributed by atoms with Crippen molar-refractivity contribution >= 4 is 11.0 Å². The maximum Gasteiger partial charge on any atom is 0.149 e. The zero-order chi connectivity index (χ0) is 52.0. The van der Waals surface area contributed by atoms with Crippen molar-refractivity contribution in [1.82, 2.24) is 14.5 Å². The van der Waals surface area contributed by atoms with Crippen LogP contribution >= 0.6 is 0 Å². The number of fused-ring (bicyclic) bond motifs is 1. The fourth-order valence-electron chi connectivity index (χ4n) is 7.74. The molecule has 0 amide bonds. The molecule has 0 aliphatic heterocycles. The molecule has 0 saturated heterocycles. The number of benzene rings is 6. The summed E-state index contributed by atoms with van der Waals surface area (Å²) < 4.78 is 101. The number of aryl methyl sites for hydroxylation is 2. The second-order valence-electron chi connectivity index (χ2n) is 17.9. The van der Waals surface area contributed by atoms with E-state index in [1.165, 1.54) is 12.3 Å². The lowest BCUT2D eigenvalue weighted by Crippen LogP contribution is -2.17. The Labute approximate surface area is 372 Å². The summed E-state index contributed by atoms with van der Waals surface area (Å²) in [7, 11) is 0. The van der Waals surface area contributed by atoms with Gasteiger partial charge in [0.2, 0.25) is 0 Å². The second-order valence-corrected chi connectivity index (χ2v) is 17.9. The Bertz CT molecular complexity index is 3300. The van der Waals surface area contributed by atoms with Crippen molar-refractivity contribution in [3.8, 4) is 67.5 Å². The van der Waals surface area contributed by atoms with Gasteiger partial charge in [0.25, 0.3) is 0 Å². The van der Waals surface area contributed by atoms with Crippen LogP contribution < -0.4 is 0 Å². The van der Waals surface area contributed by atoms with Crippen molar-refractivity contribution in [2.45, 2.75) is 92.2 Å². The number of hydrogen-bond donors (Lipinski definition) is 1. The average Bonchev–Trinajstić information content (AvgIpc) is 3.66. The minimum Gasteiger partial charge on any atom is -0.507 e. The third-order valence-corrected chi connectivity index (χ3v) is 11.1. The summed E-state index contributed by atoms with van der Waals surface area (Å²) in [5.74, 6) is 0.347. The molecule has 8 aromatic rings. The maximum atomic E-state index is 12.5. The lowest BCUT2D eigenvalue weighted by molar-refractivity contribution is 0.446. The molecule has 0 spiro atoms. The number of aromatic hydroxyl groups is 1. The van der Waals surface area contributed by atoms with Crippen LogP contribution in [0.5, 0.6) is 5.75 Å². The first kappa shape index (κ1) is 29.0. The van der Waals surface area contributed by atoms with Crippen LogP contribution in [0.15, 0.2) is 140 Å². The molecular formula is C56H57N3O. The molecule has 4 nitrogen and oxygen atoms in total. The minimum absolute atomic E-state index is 0.0126. The fourth-order valence-corrected chi connectivity index (χ4v) is 7.74. The van der Waals surface area contributed by atoms with E-state index < -0.39 is 49.0 Å². The standard InChI is InChI=1S/C56H57N3O/c1-35-20-23-37(24-21-35)39-26-27-57-48(32-39)41-29-40(30-42(31-41)54(3,4)5)44-18-15-19-50-51(44)58-53(46-33-43(55(6,7)8)34-47(52(46)60)56(9,10)11)59(50)49-25-22-36(2)28-45(49)38-16-13-12-14-17-38/h12-34,60H,1-11H3/i3D3,4D3,5D3,30D,31D. The third kappa shape index (κ3) is 7.79. The molecule has 0 unspecified atom stereocenters. The number of phenols is 1. The molecule has 0 aliphatic rings. The Hall–Kier alpha value is -6.26. The van der Waals surface area contributed by atoms with Gasteiger partial charge in [-0.1, -0.05) is 158 Å². The third-order valence-electron chi connectivity index (χ3n) is 11.1. The minimum atomic E-state index is -3.79. The number of para-hydroxylation sites is 1. The average molecular weight is 799 g/mol. The molecule has 0 bridgehead atoms. The fraction of sp³-hybridized carbons (Fsp3) is 0.250. The molecule has 1 N–H and O–H groups in total. The molecule has 2 aromatic heterocycles. The van der Waals surface area contributed by atoms with E-state index in [9.17, 15) is 7.85 Å². The van der Waals surface area contributed by atoms with E-state index in [-0.39, 0.29) is 39.1 Å². The monoisotopic (exact) mass is 799 g/mol. The van der Waals surface area contributed by atoms with Crippen LogP contribution in [-0.2, 0) is 16.2 Å². The van der Waals surface area contributed by atoms with Crippen LogP contribution in [0.4, 0.5) is 0 Å². The first-order valence-corrected chi connectivity index (χ1v) is 20.2. The van der Waals surface area contributed by atoms with Crippen LogP contribution in [0.1, 0.15) is 105 Å². The molecule has 2 heterocycles. The lowest BCUT2D eigenvalue weighted by atomic mass is 9.79. The Morgan fingerprint density at radius 2 is 1.28 bits per heavy atom. The molecule has 0 radical (unpaired) electrons. The van der Waals surface area contributed by atoms with Crippen molar-refractivity contribution in [2.24, 2.45) is 0 Å². The van der Waals surface area contributed by atoms with Gasteiger partial charge in [0.05, 0.1) is 30.7 Å². The number of phenolic OH excluding ortho intramolecular Hbond substituents is 1. The van der Waals surface area contributed by atoms with E-state index in [0.29, 0.717) is 33.7 Å². The van der Waals surface area contributed by atoms with Crippen LogP contribution in [-0.4, -0.2) is 19.6 Å². The zero-order valence-corrected chi connectivity index (χ0v) is 35.4. The largest absolute Gasteiger partial charge is 0.507 e. The molecule has 60 heavy (non-hydrogen) atoms. The lowest BCUT2D eigenvalue weighted by Gasteiger charge is -2.27. The summed E-state index contributed by atoms with van der Waals surface area (Å²) in [6.45, 7) is 4.94. The van der Waals surface area contributed by atoms with E-state index in [4.69, 9.17) is 17.3 Å². The van der Waals surface area contributed by atoms with E-state index >= 15 is 0 Å². The van der Waals surface area contributed by atoms with Gasteiger partial charge in [-0.05, 0) is 112 Å². The topological polar surface area (TPSA) is 50.9 Å². The van der Waals surface area contributed by atoms with Gasteiger partial charge in [0, 0.05) is 40.8 Å². The molecule has 0 saturated carbocycles. The summed E-state index contributed by atoms with van der Waals surface area (Å²) in [4.78, 5) is 10.00. The van der Waals surface area contributed by atoms with Gasteiger partial charge in [-0.15, -0.1) is 0 Å². The maximum absolute atomic E-state index is 12.5. The van der Waals surface area contributed by atoms with Crippen molar-refractivity contribution in [3.63, 3.8) is 0 Å². The SMILES string of the molecule is [2H]c1c(-c2cc(-c3ccc(C)cc3)ccn2)cc(-c2cccc3c2nc(-c2cc(C(C)(C)C)cc(C(C)(C)C)c2O)n3-c2ccc(C)cc2-c2ccccc2)c([2H])c1C(C([2H])([2H])[2H])(C([2H])([2H])[2H])C([2H])([2H])[2H]. The quantitative estimate of drug-likeness (QED) is 0.182. The van der Waals surface area contributed by atoms with Crippen molar-refractivity contribution in [1.29, 1.82) is 0 Å². The summed E-state index contributed by atoms with van der Waals surface area (Å²) >= 11 is 0. The number of aromatic nitrogens is 3. The number of imidazole rings is 1. The van der Waals surface area contributed by atoms with Gasteiger partial charge in [-0.2, -0.15) is 0 Å². The summed E-state index contributed by atoms with van der Waals surface area (Å²) in [6.07, 6.45) is 1.51. The van der Waals surface area contributed by atoms with Crippen LogP contribution in [0.25, 0.3) is 72.7 Å². The van der Waals surface area contributed by atoms with E-state index in [0.717, 1.165) is 33.4 Å². The van der Waals surface area contributed by atoms with Crippen molar-refractivity contribution < 1.29 is 20.2 Å². The van der Waals surface area contributed by atoms with Gasteiger partial charge in [-0.3, -0.25) is 9.55 Å². The smallest absolute Gasteiger partial charge is 0.149 e. The molecule has 0 atom stereocenters. The highest BCUT2D eigenvalue weighted by atomic mass is 16.3. The molecule has 6 aromatic carbocycles. The summed E-state index contributed by atoms with van der Waals surface area (Å²) in [6, 6.07) is 36.1. The molecule has 302 valence electrons. The van der Waals surface area contributed by atoms with Gasteiger partial charge in [0.1, 0.15) is 11.6 Å². The van der Waals surface area contributed by atoms with Crippen molar-refractivity contribution in [3.05, 3.63) is 167 Å². The molecule has 0 fully saturated rings. The molecule has 0 aliphatic carbocycles. The Morgan fingerprint density at radius 1 is 0.567 bits per heavy atom. The van der Waals surface area contributed by atoms with Crippen LogP contribution in [0.3, 0.4) is 0 Å². The highest BCUT2D eigenvalue weighted by Gasteiger charge is 2.29. The normalized spacial score (nSPS) is 15.6. The van der Waals surface area contributed by atoms with Crippen LogP contribution in [0.2, 0.25) is 0 Å². The first-order chi connectivity index (χ1) is 33.0. The van der Waals surface area contributed by atoms with E-state index in [1.807, 2.05) is 124 Å². The van der Waals surface area contributed by atoms with Gasteiger partial charge >= 0.3 is 0 Å². The highest BCUT2D eigenvalue weighted by molar-refractivity contribution is 5.98. The number of rotatable bonds is 6. The molecular weight excluding hydrogens is 731 g/mol. The summed E-state index contributed by atoms with van der Waals surface area (Å²) in [5.41, 5.74) is 3.34. The van der Waals surface area contributed by atoms with Gasteiger partial charge in [-0.25, -0.2) is 4.98 Å². The van der Waals surface area contributed by atoms with Gasteiger partial charge < -0.3 is 5.11 Å². The van der Waals surface area contributed by atoms with E-state index in [2.05, 4.69) is 31.8 Å². The van der Waals surface area contributed by atoms with Crippen molar-refractivity contribution in [2.75, 3.05) is 0 Å². The van der Waals surface area contributed by atoms with Crippen LogP contribution in [0, 0.1) is 13.8 Å². The molecule has 4 heteroatoms. The van der Waals surface area contributed by atoms with E-state index in [1.54, 1.807) is 24.3 Å². The molecule has 8 rings (SSSR count). The second kappa shape index (κ2) is 15.1. The first-order valence-electron chi connectivity index (χ1n) is 25.7. The highest BCUT2D eigenvalue weighted by Crippen LogP contribution is 2.46. The number of nitrogens with zero attached hydrogens (tertiary/aromatic N) is 3. The Balaban J connectivity index is 1.57. The zero-order valence-electron chi connectivity index (χ0n) is 46.4. The summed E-state index contributed by atoms with van der Waals surface area (Å²) in [5, 5.41) is 12.5. The Morgan fingerprint density at radius 3 is 1.98 bits per heavy atom. The Kier molecular flexibility index (Phi) is 7.30. The predicted molar refractivity (Wildman–Crippen MR) is 253 cm³/mol. The van der Waals surface area contributed by atoms with Gasteiger partial charge in [0.15, 0.2) is 0 Å². The number of pyridine rings is 1. The predicted octanol–water partition coefficient (Wildman–Crippen LogP) is 15.0.